The summed E-state index contributed by atoms with van der Waals surface area (Å²) in [6.07, 6.45) is 0.975. The molecule has 8 atom stereocenters. The van der Waals surface area contributed by atoms with Gasteiger partial charge in [-0.1, -0.05) is 53.7 Å². The molecule has 1 heterocycles. The van der Waals surface area contributed by atoms with Gasteiger partial charge in [0.05, 0.1) is 22.8 Å². The van der Waals surface area contributed by atoms with Crippen molar-refractivity contribution in [2.75, 3.05) is 6.61 Å². The van der Waals surface area contributed by atoms with E-state index in [0.717, 1.165) is 9.99 Å². The molecule has 0 spiro atoms. The third kappa shape index (κ3) is 5.95. The number of hydrogen-bond donors (Lipinski definition) is 3. The van der Waals surface area contributed by atoms with Gasteiger partial charge < -0.3 is 20.0 Å². The predicted molar refractivity (Wildman–Crippen MR) is 164 cm³/mol. The number of nitrogens with one attached hydrogen (secondary N) is 1. The number of carbonyl (C=O) groups excluding carboxylic acids is 1. The van der Waals surface area contributed by atoms with E-state index in [0.29, 0.717) is 35.3 Å². The lowest BCUT2D eigenvalue weighted by molar-refractivity contribution is -0.182. The van der Waals surface area contributed by atoms with Gasteiger partial charge in [0.15, 0.2) is 8.32 Å². The highest BCUT2D eigenvalue weighted by Gasteiger charge is 2.57. The van der Waals surface area contributed by atoms with Crippen molar-refractivity contribution in [1.82, 2.24) is 10.4 Å². The largest absolute Gasteiger partial charge is 0.507 e. The third-order valence-corrected chi connectivity index (χ3v) is 16.1. The quantitative estimate of drug-likeness (QED) is 0.243. The molecule has 0 aromatic heterocycles. The van der Waals surface area contributed by atoms with E-state index >= 15 is 0 Å². The lowest BCUT2D eigenvalue weighted by Crippen LogP contribution is -2.62. The summed E-state index contributed by atoms with van der Waals surface area (Å²) in [4.78, 5) is 20.5. The molecule has 1 unspecified atom stereocenters. The number of nitrogens with zero attached hydrogens (tertiary/aromatic N) is 1. The zero-order valence-electron chi connectivity index (χ0n) is 25.1. The highest BCUT2D eigenvalue weighted by atomic mass is 127. The van der Waals surface area contributed by atoms with Gasteiger partial charge in [0, 0.05) is 17.5 Å². The Balaban J connectivity index is 1.59. The summed E-state index contributed by atoms with van der Waals surface area (Å²) >= 11 is 2.11. The molecule has 1 aromatic carbocycles. The Morgan fingerprint density at radius 1 is 1.31 bits per heavy atom. The van der Waals surface area contributed by atoms with Crippen LogP contribution in [0, 0.1) is 32.7 Å². The second kappa shape index (κ2) is 11.2. The molecule has 3 N–H and O–H groups in total. The molecule has 3 aliphatic carbocycles. The molecule has 220 valence electrons. The summed E-state index contributed by atoms with van der Waals surface area (Å²) in [5.41, 5.74) is 1.02. The number of para-hydroxylation sites is 1. The number of aliphatic hydroxyl groups excluding tert-OH is 1. The fraction of sp³-hybridized carbons (Fsp3) is 0.767. The number of amides is 1. The van der Waals surface area contributed by atoms with E-state index in [2.05, 4.69) is 82.5 Å². The number of hydrogen-bond acceptors (Lipinski definition) is 6. The van der Waals surface area contributed by atoms with Crippen LogP contribution in [0.2, 0.25) is 18.1 Å². The van der Waals surface area contributed by atoms with E-state index in [1.807, 2.05) is 18.2 Å². The maximum absolute atomic E-state index is 14.1. The minimum Gasteiger partial charge on any atom is -0.507 e. The van der Waals surface area contributed by atoms with Crippen LogP contribution in [0.5, 0.6) is 5.75 Å². The monoisotopic (exact) mass is 672 g/mol. The maximum atomic E-state index is 14.1. The number of hydroxylamine groups is 2. The smallest absolute Gasteiger partial charge is 0.240 e. The van der Waals surface area contributed by atoms with Crippen molar-refractivity contribution >= 4 is 36.8 Å². The minimum absolute atomic E-state index is 0.0284. The standard InChI is InChI=1S/C30H49IN2O5Si/c1-17-21-13-20(30(21,6)7)14-23(17)32-28(36)26-25(18(2)34)24(16-37-39(8,9)29(3,4)5)38-33(26)15-19-11-10-12-22(31)27(19)35/h10-12,17-18,20-21,23-26,34-35H,13-16H2,1-9H3,(H,32,36)/t17-,18-,20+,21-,23?,24-,25+,26-/m0/s1. The molecule has 7 nitrogen and oxygen atoms in total. The van der Waals surface area contributed by atoms with Crippen LogP contribution in [0.3, 0.4) is 0 Å². The molecule has 1 aromatic rings. The van der Waals surface area contributed by atoms with Crippen molar-refractivity contribution in [3.8, 4) is 5.75 Å². The van der Waals surface area contributed by atoms with E-state index in [-0.39, 0.29) is 29.3 Å². The average molecular weight is 673 g/mol. The van der Waals surface area contributed by atoms with Crippen LogP contribution >= 0.6 is 22.6 Å². The Kier molecular flexibility index (Phi) is 8.94. The molecule has 1 amide bonds. The number of benzene rings is 1. The van der Waals surface area contributed by atoms with Gasteiger partial charge in [-0.3, -0.25) is 9.63 Å². The zero-order chi connectivity index (χ0) is 29.1. The Morgan fingerprint density at radius 2 is 1.97 bits per heavy atom. The normalized spacial score (nSPS) is 33.5. The Labute approximate surface area is 249 Å². The van der Waals surface area contributed by atoms with Gasteiger partial charge in [-0.25, -0.2) is 0 Å². The molecule has 4 fully saturated rings. The van der Waals surface area contributed by atoms with Crippen LogP contribution in [0.1, 0.15) is 66.9 Å². The molecule has 2 bridgehead atoms. The van der Waals surface area contributed by atoms with Crippen molar-refractivity contribution in [1.29, 1.82) is 0 Å². The molecule has 3 saturated carbocycles. The summed E-state index contributed by atoms with van der Waals surface area (Å²) in [5, 5.41) is 26.8. The van der Waals surface area contributed by atoms with Crippen molar-refractivity contribution in [3.05, 3.63) is 27.3 Å². The first-order valence-corrected chi connectivity index (χ1v) is 18.5. The van der Waals surface area contributed by atoms with Crippen LogP contribution in [0.4, 0.5) is 0 Å². The summed E-state index contributed by atoms with van der Waals surface area (Å²) in [7, 11) is -2.08. The van der Waals surface area contributed by atoms with Crippen molar-refractivity contribution in [3.63, 3.8) is 0 Å². The van der Waals surface area contributed by atoms with E-state index in [1.165, 1.54) is 6.42 Å². The third-order valence-electron chi connectivity index (χ3n) is 10.7. The Bertz CT molecular complexity index is 1060. The van der Waals surface area contributed by atoms with E-state index in [1.54, 1.807) is 12.0 Å². The SMILES string of the molecule is C[C@H](O)[C@@H]1[C@H](CO[Si](C)(C)C(C)(C)C)ON(Cc2cccc(I)c2O)[C@@H]1C(=O)NC1C[C@H]2C[C@@H]([C@@H]1C)C2(C)C. The molecular weight excluding hydrogens is 623 g/mol. The van der Waals surface area contributed by atoms with Gasteiger partial charge in [-0.15, -0.1) is 0 Å². The first-order valence-electron chi connectivity index (χ1n) is 14.5. The topological polar surface area (TPSA) is 91.3 Å². The first kappa shape index (κ1) is 31.2. The number of rotatable bonds is 8. The molecule has 5 rings (SSSR count). The minimum atomic E-state index is -2.08. The van der Waals surface area contributed by atoms with Crippen LogP contribution in [-0.4, -0.2) is 60.4 Å². The summed E-state index contributed by atoms with van der Waals surface area (Å²) in [6.45, 7) is 20.2. The summed E-state index contributed by atoms with van der Waals surface area (Å²) in [6, 6.07) is 5.00. The lowest BCUT2D eigenvalue weighted by Gasteiger charge is -2.62. The molecule has 1 saturated heterocycles. The van der Waals surface area contributed by atoms with E-state index in [4.69, 9.17) is 9.26 Å². The van der Waals surface area contributed by atoms with Crippen molar-refractivity contribution in [2.24, 2.45) is 29.1 Å². The van der Waals surface area contributed by atoms with Crippen LogP contribution in [-0.2, 0) is 20.6 Å². The maximum Gasteiger partial charge on any atom is 0.240 e. The van der Waals surface area contributed by atoms with Gasteiger partial charge in [0.25, 0.3) is 0 Å². The van der Waals surface area contributed by atoms with Gasteiger partial charge >= 0.3 is 0 Å². The van der Waals surface area contributed by atoms with Crippen molar-refractivity contribution < 1.29 is 24.3 Å². The van der Waals surface area contributed by atoms with Gasteiger partial charge in [-0.2, -0.15) is 5.06 Å². The number of halogens is 1. The van der Waals surface area contributed by atoms with Gasteiger partial charge in [-0.05, 0) is 89.7 Å². The second-order valence-electron chi connectivity index (χ2n) is 14.4. The number of phenols is 1. The van der Waals surface area contributed by atoms with Crippen molar-refractivity contribution in [2.45, 2.75) is 110 Å². The molecule has 0 radical (unpaired) electrons. The fourth-order valence-corrected chi connectivity index (χ4v) is 8.40. The Morgan fingerprint density at radius 3 is 2.54 bits per heavy atom. The molecule has 1 aliphatic heterocycles. The number of phenolic OH excluding ortho intramolecular Hbond substituents is 1. The number of fused-ring (bicyclic) bond motifs is 2. The van der Waals surface area contributed by atoms with Crippen LogP contribution in [0.15, 0.2) is 18.2 Å². The molecular formula is C30H49IN2O5Si. The number of aromatic hydroxyl groups is 1. The first-order chi connectivity index (χ1) is 18.0. The van der Waals surface area contributed by atoms with Crippen LogP contribution < -0.4 is 5.32 Å². The van der Waals surface area contributed by atoms with Crippen LogP contribution in [0.25, 0.3) is 0 Å². The Hall–Kier alpha value is -0.723. The fourth-order valence-electron chi connectivity index (χ4n) is 6.83. The van der Waals surface area contributed by atoms with E-state index in [9.17, 15) is 15.0 Å². The highest BCUT2D eigenvalue weighted by Crippen LogP contribution is 2.61. The number of aliphatic hydroxyl groups is 1. The molecule has 4 aliphatic rings. The van der Waals surface area contributed by atoms with Gasteiger partial charge in [0.2, 0.25) is 5.91 Å². The lowest BCUT2D eigenvalue weighted by atomic mass is 9.45. The highest BCUT2D eigenvalue weighted by molar-refractivity contribution is 14.1. The molecule has 39 heavy (non-hydrogen) atoms. The predicted octanol–water partition coefficient (Wildman–Crippen LogP) is 5.69. The van der Waals surface area contributed by atoms with E-state index < -0.39 is 32.5 Å². The second-order valence-corrected chi connectivity index (χ2v) is 20.3. The summed E-state index contributed by atoms with van der Waals surface area (Å²) < 4.78 is 7.27. The zero-order valence-corrected chi connectivity index (χ0v) is 28.3. The number of carbonyl (C=O) groups is 1. The molecule has 9 heteroatoms. The average Bonchev–Trinajstić information content (AvgIpc) is 3.19. The van der Waals surface area contributed by atoms with Gasteiger partial charge in [0.1, 0.15) is 17.9 Å². The summed E-state index contributed by atoms with van der Waals surface area (Å²) in [5.74, 6) is 1.24.